The van der Waals surface area contributed by atoms with Crippen LogP contribution in [0.1, 0.15) is 21.9 Å². The van der Waals surface area contributed by atoms with E-state index >= 15 is 0 Å². The highest BCUT2D eigenvalue weighted by Gasteiger charge is 2.06. The third kappa shape index (κ3) is 2.37. The van der Waals surface area contributed by atoms with Gasteiger partial charge in [-0.1, -0.05) is 0 Å². The van der Waals surface area contributed by atoms with Gasteiger partial charge in [0.15, 0.2) is 12.1 Å². The minimum Gasteiger partial charge on any atom is -0.496 e. The van der Waals surface area contributed by atoms with Gasteiger partial charge in [-0.05, 0) is 43.7 Å². The number of benzene rings is 1. The first-order valence-electron chi connectivity index (χ1n) is 5.60. The summed E-state index contributed by atoms with van der Waals surface area (Å²) in [7, 11) is 1.64. The van der Waals surface area contributed by atoms with Crippen molar-refractivity contribution < 1.29 is 9.53 Å². The molecule has 1 aromatic carbocycles. The lowest BCUT2D eigenvalue weighted by Crippen LogP contribution is -1.97. The summed E-state index contributed by atoms with van der Waals surface area (Å²) in [5.74, 6) is 1.04. The second-order valence-electron chi connectivity index (χ2n) is 4.06. The Morgan fingerprint density at radius 1 is 1.17 bits per heavy atom. The summed E-state index contributed by atoms with van der Waals surface area (Å²) < 4.78 is 5.22. The van der Waals surface area contributed by atoms with Crippen molar-refractivity contribution in [1.82, 2.24) is 9.97 Å². The lowest BCUT2D eigenvalue weighted by Gasteiger charge is -2.07. The Kier molecular flexibility index (Phi) is 3.37. The van der Waals surface area contributed by atoms with Gasteiger partial charge in [-0.15, -0.1) is 0 Å². The third-order valence-corrected chi connectivity index (χ3v) is 2.67. The quantitative estimate of drug-likeness (QED) is 0.776. The molecule has 0 amide bonds. The average Bonchev–Trinajstić information content (AvgIpc) is 2.37. The summed E-state index contributed by atoms with van der Waals surface area (Å²) >= 11 is 0. The molecular weight excluding hydrogens is 228 g/mol. The maximum absolute atomic E-state index is 10.8. The number of aromatic nitrogens is 2. The first-order chi connectivity index (χ1) is 8.63. The molecular formula is C14H14N2O2. The molecule has 0 aliphatic carbocycles. The molecule has 2 aromatic rings. The Balaban J connectivity index is 2.51. The van der Waals surface area contributed by atoms with Gasteiger partial charge in [-0.2, -0.15) is 0 Å². The number of nitrogens with zero attached hydrogens (tertiary/aromatic N) is 2. The number of aryl methyl sites for hydroxylation is 2. The molecule has 0 saturated heterocycles. The summed E-state index contributed by atoms with van der Waals surface area (Å²) in [6.45, 7) is 3.81. The topological polar surface area (TPSA) is 52.1 Å². The van der Waals surface area contributed by atoms with Crippen LogP contribution in [-0.2, 0) is 0 Å². The van der Waals surface area contributed by atoms with Crippen LogP contribution in [0.4, 0.5) is 0 Å². The number of hydrogen-bond donors (Lipinski definition) is 0. The first-order valence-corrected chi connectivity index (χ1v) is 5.60. The van der Waals surface area contributed by atoms with E-state index in [1.807, 2.05) is 38.1 Å². The minimum atomic E-state index is 0.207. The summed E-state index contributed by atoms with van der Waals surface area (Å²) in [6, 6.07) is 7.65. The first kappa shape index (κ1) is 12.2. The van der Waals surface area contributed by atoms with E-state index in [1.54, 1.807) is 7.11 Å². The van der Waals surface area contributed by atoms with Crippen molar-refractivity contribution in [2.75, 3.05) is 7.11 Å². The molecule has 0 aliphatic rings. The molecule has 0 saturated carbocycles. The Bertz CT molecular complexity index is 594. The highest BCUT2D eigenvalue weighted by molar-refractivity contribution is 5.71. The summed E-state index contributed by atoms with van der Waals surface area (Å²) in [4.78, 5) is 19.0. The van der Waals surface area contributed by atoms with Gasteiger partial charge in [0.1, 0.15) is 5.75 Å². The normalized spacial score (nSPS) is 10.2. The molecule has 0 fully saturated rings. The van der Waals surface area contributed by atoms with Crippen molar-refractivity contribution in [3.8, 4) is 17.0 Å². The molecule has 0 atom stereocenters. The predicted molar refractivity (Wildman–Crippen MR) is 68.9 cm³/mol. The largest absolute Gasteiger partial charge is 0.496 e. The maximum Gasteiger partial charge on any atom is 0.193 e. The molecule has 4 heteroatoms. The molecule has 92 valence electrons. The standard InChI is InChI=1S/C14H14N2O2/c1-9-6-11(4-5-13(9)18-3)12-7-10(2)15-14(8-17)16-12/h4-8H,1-3H3. The van der Waals surface area contributed by atoms with Gasteiger partial charge in [0.2, 0.25) is 0 Å². The predicted octanol–water partition coefficient (Wildman–Crippen LogP) is 2.58. The number of methoxy groups -OCH3 is 1. The van der Waals surface area contributed by atoms with Crippen LogP contribution in [0.5, 0.6) is 5.75 Å². The van der Waals surface area contributed by atoms with Crippen LogP contribution in [0.25, 0.3) is 11.3 Å². The zero-order valence-corrected chi connectivity index (χ0v) is 10.6. The Hall–Kier alpha value is -2.23. The van der Waals surface area contributed by atoms with E-state index in [4.69, 9.17) is 4.74 Å². The molecule has 0 aliphatic heterocycles. The Morgan fingerprint density at radius 3 is 2.56 bits per heavy atom. The van der Waals surface area contributed by atoms with E-state index < -0.39 is 0 Å². The summed E-state index contributed by atoms with van der Waals surface area (Å²) in [5, 5.41) is 0. The van der Waals surface area contributed by atoms with Crippen LogP contribution in [-0.4, -0.2) is 23.4 Å². The lowest BCUT2D eigenvalue weighted by molar-refractivity contribution is 0.111. The summed E-state index contributed by atoms with van der Waals surface area (Å²) in [6.07, 6.45) is 0.660. The second kappa shape index (κ2) is 4.96. The van der Waals surface area contributed by atoms with Gasteiger partial charge >= 0.3 is 0 Å². The number of rotatable bonds is 3. The van der Waals surface area contributed by atoms with Crippen molar-refractivity contribution >= 4 is 6.29 Å². The van der Waals surface area contributed by atoms with Crippen LogP contribution in [0, 0.1) is 13.8 Å². The van der Waals surface area contributed by atoms with Gasteiger partial charge in [-0.25, -0.2) is 9.97 Å². The van der Waals surface area contributed by atoms with Crippen LogP contribution in [0.15, 0.2) is 24.3 Å². The third-order valence-electron chi connectivity index (χ3n) is 2.67. The monoisotopic (exact) mass is 242 g/mol. The van der Waals surface area contributed by atoms with E-state index in [0.29, 0.717) is 6.29 Å². The van der Waals surface area contributed by atoms with Gasteiger partial charge in [0, 0.05) is 11.3 Å². The fraction of sp³-hybridized carbons (Fsp3) is 0.214. The molecule has 0 radical (unpaired) electrons. The highest BCUT2D eigenvalue weighted by Crippen LogP contribution is 2.25. The van der Waals surface area contributed by atoms with Crippen LogP contribution in [0.2, 0.25) is 0 Å². The summed E-state index contributed by atoms with van der Waals surface area (Å²) in [5.41, 5.74) is 3.49. The van der Waals surface area contributed by atoms with Crippen molar-refractivity contribution in [2.45, 2.75) is 13.8 Å². The Labute approximate surface area is 106 Å². The SMILES string of the molecule is COc1ccc(-c2cc(C)nc(C=O)n2)cc1C. The molecule has 0 N–H and O–H groups in total. The van der Waals surface area contributed by atoms with E-state index in [0.717, 1.165) is 28.3 Å². The minimum absolute atomic E-state index is 0.207. The van der Waals surface area contributed by atoms with Crippen molar-refractivity contribution in [3.05, 3.63) is 41.3 Å². The molecule has 2 rings (SSSR count). The van der Waals surface area contributed by atoms with Crippen LogP contribution >= 0.6 is 0 Å². The number of hydrogen-bond acceptors (Lipinski definition) is 4. The Morgan fingerprint density at radius 2 is 1.94 bits per heavy atom. The number of aldehydes is 1. The van der Waals surface area contributed by atoms with Crippen molar-refractivity contribution in [2.24, 2.45) is 0 Å². The van der Waals surface area contributed by atoms with Crippen LogP contribution in [0.3, 0.4) is 0 Å². The van der Waals surface area contributed by atoms with E-state index in [2.05, 4.69) is 9.97 Å². The molecule has 0 unspecified atom stereocenters. The fourth-order valence-electron chi connectivity index (χ4n) is 1.83. The molecule has 4 nitrogen and oxygen atoms in total. The maximum atomic E-state index is 10.8. The fourth-order valence-corrected chi connectivity index (χ4v) is 1.83. The van der Waals surface area contributed by atoms with Gasteiger partial charge < -0.3 is 4.74 Å². The van der Waals surface area contributed by atoms with E-state index in [9.17, 15) is 4.79 Å². The van der Waals surface area contributed by atoms with E-state index in [1.165, 1.54) is 0 Å². The number of ether oxygens (including phenoxy) is 1. The zero-order valence-electron chi connectivity index (χ0n) is 10.6. The highest BCUT2D eigenvalue weighted by atomic mass is 16.5. The number of carbonyl (C=O) groups excluding carboxylic acids is 1. The van der Waals surface area contributed by atoms with Gasteiger partial charge in [0.05, 0.1) is 12.8 Å². The van der Waals surface area contributed by atoms with Gasteiger partial charge in [-0.3, -0.25) is 4.79 Å². The molecule has 1 heterocycles. The lowest BCUT2D eigenvalue weighted by atomic mass is 10.1. The average molecular weight is 242 g/mol. The van der Waals surface area contributed by atoms with Crippen molar-refractivity contribution in [3.63, 3.8) is 0 Å². The van der Waals surface area contributed by atoms with E-state index in [-0.39, 0.29) is 5.82 Å². The smallest absolute Gasteiger partial charge is 0.193 e. The number of carbonyl (C=O) groups is 1. The second-order valence-corrected chi connectivity index (χ2v) is 4.06. The molecule has 18 heavy (non-hydrogen) atoms. The molecule has 0 bridgehead atoms. The van der Waals surface area contributed by atoms with Crippen LogP contribution < -0.4 is 4.74 Å². The van der Waals surface area contributed by atoms with Gasteiger partial charge in [0.25, 0.3) is 0 Å². The zero-order chi connectivity index (χ0) is 13.1. The molecule has 0 spiro atoms. The molecule has 1 aromatic heterocycles. The van der Waals surface area contributed by atoms with Crippen molar-refractivity contribution in [1.29, 1.82) is 0 Å².